The summed E-state index contributed by atoms with van der Waals surface area (Å²) in [6, 6.07) is 3.49. The maximum atomic E-state index is 11.2. The van der Waals surface area contributed by atoms with Gasteiger partial charge in [-0.2, -0.15) is 0 Å². The Kier molecular flexibility index (Phi) is 3.98. The van der Waals surface area contributed by atoms with Gasteiger partial charge in [0, 0.05) is 34.9 Å². The van der Waals surface area contributed by atoms with E-state index >= 15 is 0 Å². The molecule has 1 aromatic carbocycles. The molecule has 4 N–H and O–H groups in total. The predicted octanol–water partition coefficient (Wildman–Crippen LogP) is -0.759. The minimum atomic E-state index is -0.0340. The molecule has 0 aliphatic rings. The van der Waals surface area contributed by atoms with Crippen molar-refractivity contribution < 1.29 is 15.1 Å². The summed E-state index contributed by atoms with van der Waals surface area (Å²) in [7, 11) is 0. The molecule has 2 aromatic rings. The van der Waals surface area contributed by atoms with Gasteiger partial charge in [-0.05, 0) is 12.1 Å². The third kappa shape index (κ3) is 2.67. The van der Waals surface area contributed by atoms with E-state index in [2.05, 4.69) is 5.10 Å². The minimum absolute atomic E-state index is 0.0340. The summed E-state index contributed by atoms with van der Waals surface area (Å²) >= 11 is 0. The number of aliphatic hydroxyl groups is 2. The standard InChI is InChI=1S/C12H16N4O3/c13-11-1-2-12(15(3-5-17)4-6-18)9-7-14-16(19)8-10(9)11/h1-2,7-8,17-18H,3-6,13H2. The number of nitrogens with two attached hydrogens (primary N) is 1. The van der Waals surface area contributed by atoms with Crippen LogP contribution in [0.1, 0.15) is 0 Å². The van der Waals surface area contributed by atoms with Gasteiger partial charge in [-0.3, -0.25) is 0 Å². The SMILES string of the molecule is Nc1ccc(N(CCO)CCO)c2cn[n+]([O-])cc12. The van der Waals surface area contributed by atoms with Gasteiger partial charge in [0.15, 0.2) is 0 Å². The smallest absolute Gasteiger partial charge is 0.219 e. The van der Waals surface area contributed by atoms with Crippen molar-refractivity contribution >= 4 is 22.1 Å². The van der Waals surface area contributed by atoms with E-state index in [0.29, 0.717) is 34.4 Å². The molecule has 0 fully saturated rings. The first kappa shape index (κ1) is 13.3. The maximum Gasteiger partial charge on any atom is 0.219 e. The molecule has 19 heavy (non-hydrogen) atoms. The number of aliphatic hydroxyl groups excluding tert-OH is 2. The lowest BCUT2D eigenvalue weighted by molar-refractivity contribution is -0.667. The van der Waals surface area contributed by atoms with Gasteiger partial charge in [0.2, 0.25) is 6.20 Å². The van der Waals surface area contributed by atoms with Crippen LogP contribution in [-0.2, 0) is 0 Å². The lowest BCUT2D eigenvalue weighted by atomic mass is 10.1. The minimum Gasteiger partial charge on any atom is -0.594 e. The number of fused-ring (bicyclic) bond motifs is 1. The molecule has 0 amide bonds. The zero-order valence-electron chi connectivity index (χ0n) is 10.4. The lowest BCUT2D eigenvalue weighted by Gasteiger charge is -2.24. The van der Waals surface area contributed by atoms with Crippen molar-refractivity contribution in [2.75, 3.05) is 36.9 Å². The summed E-state index contributed by atoms with van der Waals surface area (Å²) in [4.78, 5) is 2.27. The van der Waals surface area contributed by atoms with E-state index in [1.54, 1.807) is 12.1 Å². The summed E-state index contributed by atoms with van der Waals surface area (Å²) in [6.45, 7) is 0.694. The van der Waals surface area contributed by atoms with Crippen molar-refractivity contribution in [3.8, 4) is 0 Å². The van der Waals surface area contributed by atoms with Crippen LogP contribution in [0.3, 0.4) is 0 Å². The molecule has 102 valence electrons. The molecule has 2 rings (SSSR count). The molecule has 0 aliphatic heterocycles. The molecule has 0 radical (unpaired) electrons. The molecule has 1 heterocycles. The Bertz CT molecular complexity index is 570. The number of nitrogens with zero attached hydrogens (tertiary/aromatic N) is 3. The average Bonchev–Trinajstić information content (AvgIpc) is 2.40. The van der Waals surface area contributed by atoms with Gasteiger partial charge in [0.1, 0.15) is 6.20 Å². The average molecular weight is 264 g/mol. The zero-order valence-corrected chi connectivity index (χ0v) is 10.4. The summed E-state index contributed by atoms with van der Waals surface area (Å²) in [5, 5.41) is 34.4. The molecule has 0 bridgehead atoms. The van der Waals surface area contributed by atoms with Crippen LogP contribution in [0.5, 0.6) is 0 Å². The summed E-state index contributed by atoms with van der Waals surface area (Å²) in [5.74, 6) is 0. The van der Waals surface area contributed by atoms with Gasteiger partial charge >= 0.3 is 0 Å². The Morgan fingerprint density at radius 1 is 1.21 bits per heavy atom. The van der Waals surface area contributed by atoms with Gasteiger partial charge in [0.25, 0.3) is 0 Å². The molecule has 7 nitrogen and oxygen atoms in total. The number of rotatable bonds is 5. The van der Waals surface area contributed by atoms with Gasteiger partial charge in [-0.25, -0.2) is 0 Å². The van der Waals surface area contributed by atoms with Crippen LogP contribution in [0.15, 0.2) is 24.5 Å². The highest BCUT2D eigenvalue weighted by atomic mass is 16.5. The van der Waals surface area contributed by atoms with Crippen LogP contribution in [0, 0.1) is 5.21 Å². The first-order chi connectivity index (χ1) is 9.17. The second-order valence-electron chi connectivity index (χ2n) is 4.11. The lowest BCUT2D eigenvalue weighted by Crippen LogP contribution is -2.32. The topological polar surface area (TPSA) is 110 Å². The quantitative estimate of drug-likeness (QED) is 0.372. The normalized spacial score (nSPS) is 10.8. The number of benzene rings is 1. The van der Waals surface area contributed by atoms with Crippen LogP contribution in [0.4, 0.5) is 11.4 Å². The first-order valence-electron chi connectivity index (χ1n) is 5.91. The Balaban J connectivity index is 2.56. The predicted molar refractivity (Wildman–Crippen MR) is 71.5 cm³/mol. The number of hydrogen-bond acceptors (Lipinski definition) is 6. The molecular formula is C12H16N4O3. The Morgan fingerprint density at radius 2 is 1.89 bits per heavy atom. The molecular weight excluding hydrogens is 248 g/mol. The number of anilines is 2. The third-order valence-corrected chi connectivity index (χ3v) is 2.92. The largest absolute Gasteiger partial charge is 0.594 e. The Morgan fingerprint density at radius 3 is 2.53 bits per heavy atom. The molecule has 0 saturated carbocycles. The number of aromatic nitrogens is 2. The Hall–Kier alpha value is -2.12. The molecule has 0 aliphatic carbocycles. The van der Waals surface area contributed by atoms with E-state index in [-0.39, 0.29) is 13.2 Å². The highest BCUT2D eigenvalue weighted by Gasteiger charge is 2.13. The van der Waals surface area contributed by atoms with Crippen LogP contribution in [0.25, 0.3) is 10.8 Å². The molecule has 0 unspecified atom stereocenters. The van der Waals surface area contributed by atoms with Crippen LogP contribution in [-0.4, -0.2) is 41.6 Å². The first-order valence-corrected chi connectivity index (χ1v) is 5.91. The fourth-order valence-corrected chi connectivity index (χ4v) is 2.05. The van der Waals surface area contributed by atoms with Gasteiger partial charge in [-0.1, -0.05) is 4.85 Å². The molecule has 0 atom stereocenters. The van der Waals surface area contributed by atoms with E-state index in [0.717, 1.165) is 5.69 Å². The number of hydrogen-bond donors (Lipinski definition) is 3. The van der Waals surface area contributed by atoms with E-state index < -0.39 is 0 Å². The van der Waals surface area contributed by atoms with E-state index in [4.69, 9.17) is 15.9 Å². The fourth-order valence-electron chi connectivity index (χ4n) is 2.05. The van der Waals surface area contributed by atoms with Crippen molar-refractivity contribution in [2.45, 2.75) is 0 Å². The summed E-state index contributed by atoms with van der Waals surface area (Å²) in [5.41, 5.74) is 7.11. The Labute approximate surface area is 110 Å². The zero-order chi connectivity index (χ0) is 13.8. The highest BCUT2D eigenvalue weighted by Crippen LogP contribution is 2.29. The van der Waals surface area contributed by atoms with Gasteiger partial charge < -0.3 is 26.1 Å². The molecule has 1 aromatic heterocycles. The molecule has 0 saturated heterocycles. The highest BCUT2D eigenvalue weighted by molar-refractivity contribution is 6.00. The van der Waals surface area contributed by atoms with E-state index in [1.165, 1.54) is 12.4 Å². The summed E-state index contributed by atoms with van der Waals surface area (Å²) in [6.07, 6.45) is 2.75. The van der Waals surface area contributed by atoms with E-state index in [9.17, 15) is 5.21 Å². The monoisotopic (exact) mass is 264 g/mol. The van der Waals surface area contributed by atoms with Crippen LogP contribution < -0.4 is 15.5 Å². The van der Waals surface area contributed by atoms with Crippen molar-refractivity contribution in [2.24, 2.45) is 0 Å². The van der Waals surface area contributed by atoms with Gasteiger partial charge in [0.05, 0.1) is 18.6 Å². The van der Waals surface area contributed by atoms with Crippen LogP contribution >= 0.6 is 0 Å². The van der Waals surface area contributed by atoms with E-state index in [1.807, 2.05) is 4.90 Å². The maximum absolute atomic E-state index is 11.2. The van der Waals surface area contributed by atoms with Crippen molar-refractivity contribution in [3.63, 3.8) is 0 Å². The van der Waals surface area contributed by atoms with Crippen molar-refractivity contribution in [3.05, 3.63) is 29.7 Å². The molecule has 0 spiro atoms. The summed E-state index contributed by atoms with van der Waals surface area (Å²) < 4.78 is 0. The third-order valence-electron chi connectivity index (χ3n) is 2.92. The van der Waals surface area contributed by atoms with Crippen LogP contribution in [0.2, 0.25) is 0 Å². The molecule has 7 heteroatoms. The fraction of sp³-hybridized carbons (Fsp3) is 0.333. The van der Waals surface area contributed by atoms with Crippen molar-refractivity contribution in [1.29, 1.82) is 0 Å². The second kappa shape index (κ2) is 5.68. The number of nitrogen functional groups attached to an aromatic ring is 1. The van der Waals surface area contributed by atoms with Crippen molar-refractivity contribution in [1.82, 2.24) is 5.10 Å². The van der Waals surface area contributed by atoms with Gasteiger partial charge in [-0.15, -0.1) is 0 Å². The second-order valence-corrected chi connectivity index (χ2v) is 4.11.